The lowest BCUT2D eigenvalue weighted by Crippen LogP contribution is -2.59. The molecular formula is C46H74O14. The number of rotatable bonds is 13. The summed E-state index contributed by atoms with van der Waals surface area (Å²) in [5.41, 5.74) is 0.285. The largest absolute Gasteiger partial charge is 0.481 e. The SMILES string of the molecule is C=C1C(OC2CCC(OC)C(C)O2)CC(C2(C)CCC3(CC(O)C(C)C(C(C)/C=C(\C)C(=O)C(C)CC(C)C(=O)O)O3)O2)OC12CCC(C1OC(O)(CO)C(C)CC1C)O2. The monoisotopic (exact) mass is 851 g/mol. The van der Waals surface area contributed by atoms with Gasteiger partial charge in [0.2, 0.25) is 0 Å². The van der Waals surface area contributed by atoms with Gasteiger partial charge in [-0.3, -0.25) is 9.59 Å². The number of allylic oxidation sites excluding steroid dienone is 1. The maximum absolute atomic E-state index is 13.3. The number of ketones is 1. The van der Waals surface area contributed by atoms with E-state index in [4.69, 9.17) is 37.9 Å². The maximum Gasteiger partial charge on any atom is 0.306 e. The van der Waals surface area contributed by atoms with E-state index in [1.165, 1.54) is 0 Å². The van der Waals surface area contributed by atoms with Crippen LogP contribution < -0.4 is 0 Å². The van der Waals surface area contributed by atoms with Crippen molar-refractivity contribution in [2.75, 3.05) is 13.7 Å². The van der Waals surface area contributed by atoms with Gasteiger partial charge in [0, 0.05) is 68.5 Å². The van der Waals surface area contributed by atoms with Gasteiger partial charge in [-0.05, 0) is 64.4 Å². The van der Waals surface area contributed by atoms with Crippen LogP contribution in [0.25, 0.3) is 0 Å². The van der Waals surface area contributed by atoms with Crippen molar-refractivity contribution >= 4 is 11.8 Å². The highest BCUT2D eigenvalue weighted by atomic mass is 16.8. The molecule has 6 heterocycles. The van der Waals surface area contributed by atoms with E-state index in [2.05, 4.69) is 13.5 Å². The highest BCUT2D eigenvalue weighted by molar-refractivity contribution is 5.96. The average molecular weight is 851 g/mol. The Morgan fingerprint density at radius 3 is 2.35 bits per heavy atom. The van der Waals surface area contributed by atoms with E-state index in [9.17, 15) is 30.0 Å². The van der Waals surface area contributed by atoms with Gasteiger partial charge in [-0.2, -0.15) is 0 Å². The van der Waals surface area contributed by atoms with Crippen molar-refractivity contribution in [3.63, 3.8) is 0 Å². The Morgan fingerprint density at radius 1 is 0.983 bits per heavy atom. The van der Waals surface area contributed by atoms with Crippen LogP contribution in [0.15, 0.2) is 23.8 Å². The zero-order valence-electron chi connectivity index (χ0n) is 37.6. The van der Waals surface area contributed by atoms with Crippen molar-refractivity contribution in [2.45, 2.75) is 205 Å². The minimum atomic E-state index is -1.68. The minimum absolute atomic E-state index is 0.0308. The van der Waals surface area contributed by atoms with Crippen molar-refractivity contribution in [2.24, 2.45) is 35.5 Å². The number of aliphatic hydroxyl groups is 3. The number of carboxylic acid groups (broad SMARTS) is 1. The van der Waals surface area contributed by atoms with Crippen LogP contribution in [0, 0.1) is 35.5 Å². The molecule has 342 valence electrons. The van der Waals surface area contributed by atoms with E-state index >= 15 is 0 Å². The highest BCUT2D eigenvalue weighted by Gasteiger charge is 2.62. The third-order valence-electron chi connectivity index (χ3n) is 15.0. The Labute approximate surface area is 356 Å². The van der Waals surface area contributed by atoms with Crippen LogP contribution in [0.3, 0.4) is 0 Å². The number of aliphatic hydroxyl groups excluding tert-OH is 2. The highest BCUT2D eigenvalue weighted by Crippen LogP contribution is 2.55. The van der Waals surface area contributed by atoms with Crippen molar-refractivity contribution in [1.29, 1.82) is 0 Å². The van der Waals surface area contributed by atoms with Crippen molar-refractivity contribution in [3.8, 4) is 0 Å². The molecular weight excluding hydrogens is 776 g/mol. The summed E-state index contributed by atoms with van der Waals surface area (Å²) in [5, 5.41) is 42.3. The number of carbonyl (C=O) groups is 2. The quantitative estimate of drug-likeness (QED) is 0.128. The lowest BCUT2D eigenvalue weighted by molar-refractivity contribution is -0.358. The summed E-state index contributed by atoms with van der Waals surface area (Å²) in [7, 11) is 1.69. The number of hydrogen-bond acceptors (Lipinski definition) is 13. The molecule has 2 spiro atoms. The second kappa shape index (κ2) is 18.3. The van der Waals surface area contributed by atoms with Gasteiger partial charge in [0.05, 0.1) is 67.0 Å². The molecule has 0 radical (unpaired) electrons. The molecule has 14 nitrogen and oxygen atoms in total. The normalized spacial score (nSPS) is 46.8. The molecule has 60 heavy (non-hydrogen) atoms. The lowest BCUT2D eigenvalue weighted by Gasteiger charge is -2.51. The number of carbonyl (C=O) groups excluding carboxylic acids is 1. The van der Waals surface area contributed by atoms with Crippen LogP contribution in [0.5, 0.6) is 0 Å². The standard InChI is InChI=1S/C46H74O14/c1-24(39(49)25(2)19-28(5)42(50)51)18-26(3)40-30(7)33(48)22-44(58-40)17-16-43(10,60-44)37-21-36(55-38-13-12-34(53-11)32(9)54-38)31(8)46(57-37)15-14-35(56-46)41-27(4)20-29(6)45(52,23-47)59-41/h18,25-30,32-38,40-41,47-48,52H,8,12-17,19-23H2,1-7,9-11H3,(H,50,51)/b24-18+. The van der Waals surface area contributed by atoms with Gasteiger partial charge in [-0.15, -0.1) is 0 Å². The molecule has 0 aromatic carbocycles. The fourth-order valence-electron chi connectivity index (χ4n) is 11.0. The minimum Gasteiger partial charge on any atom is -0.481 e. The topological polar surface area (TPSA) is 189 Å². The zero-order valence-corrected chi connectivity index (χ0v) is 37.6. The first-order chi connectivity index (χ1) is 28.1. The molecule has 0 aromatic rings. The van der Waals surface area contributed by atoms with Gasteiger partial charge in [0.25, 0.3) is 0 Å². The predicted molar refractivity (Wildman–Crippen MR) is 219 cm³/mol. The smallest absolute Gasteiger partial charge is 0.306 e. The molecule has 14 heteroatoms. The van der Waals surface area contributed by atoms with E-state index < -0.39 is 90.3 Å². The molecule has 6 saturated heterocycles. The Balaban J connectivity index is 1.22. The summed E-state index contributed by atoms with van der Waals surface area (Å²) in [4.78, 5) is 24.8. The molecule has 0 aliphatic carbocycles. The molecule has 19 unspecified atom stereocenters. The lowest BCUT2D eigenvalue weighted by atomic mass is 9.80. The van der Waals surface area contributed by atoms with Crippen LogP contribution >= 0.6 is 0 Å². The summed E-state index contributed by atoms with van der Waals surface area (Å²) in [6.07, 6.45) is 3.02. The second-order valence-electron chi connectivity index (χ2n) is 19.7. The van der Waals surface area contributed by atoms with Crippen LogP contribution in [0.2, 0.25) is 0 Å². The van der Waals surface area contributed by atoms with Crippen LogP contribution in [-0.4, -0.2) is 124 Å². The third kappa shape index (κ3) is 9.50. The first kappa shape index (κ1) is 47.7. The summed E-state index contributed by atoms with van der Waals surface area (Å²) in [6.45, 7) is 21.0. The Bertz CT molecular complexity index is 1590. The number of Topliss-reactive ketones (excluding diaryl/α,β-unsaturated/α-hetero) is 1. The fraction of sp³-hybridized carbons (Fsp3) is 0.870. The first-order valence-electron chi connectivity index (χ1n) is 22.5. The fourth-order valence-corrected chi connectivity index (χ4v) is 11.0. The van der Waals surface area contributed by atoms with Crippen LogP contribution in [0.1, 0.15) is 127 Å². The molecule has 0 saturated carbocycles. The number of ether oxygens (including phenoxy) is 8. The molecule has 0 aromatic heterocycles. The van der Waals surface area contributed by atoms with Crippen LogP contribution in [-0.2, 0) is 47.5 Å². The summed E-state index contributed by atoms with van der Waals surface area (Å²) < 4.78 is 53.0. The predicted octanol–water partition coefficient (Wildman–Crippen LogP) is 5.82. The van der Waals surface area contributed by atoms with E-state index in [0.29, 0.717) is 56.1 Å². The molecule has 0 amide bonds. The van der Waals surface area contributed by atoms with E-state index in [0.717, 1.165) is 6.42 Å². The van der Waals surface area contributed by atoms with Crippen molar-refractivity contribution in [1.82, 2.24) is 0 Å². The Hall–Kier alpha value is -1.82. The van der Waals surface area contributed by atoms with Gasteiger partial charge in [0.15, 0.2) is 29.4 Å². The number of methoxy groups -OCH3 is 1. The average Bonchev–Trinajstić information content (AvgIpc) is 3.77. The van der Waals surface area contributed by atoms with Crippen molar-refractivity contribution in [3.05, 3.63) is 23.8 Å². The van der Waals surface area contributed by atoms with E-state index in [1.54, 1.807) is 27.9 Å². The van der Waals surface area contributed by atoms with Gasteiger partial charge in [-0.25, -0.2) is 0 Å². The van der Waals surface area contributed by atoms with E-state index in [1.807, 2.05) is 40.7 Å². The first-order valence-corrected chi connectivity index (χ1v) is 22.5. The molecule has 6 rings (SSSR count). The number of hydrogen-bond donors (Lipinski definition) is 4. The Kier molecular flexibility index (Phi) is 14.6. The zero-order chi connectivity index (χ0) is 44.1. The number of aliphatic carboxylic acids is 1. The molecule has 4 N–H and O–H groups in total. The maximum atomic E-state index is 13.3. The van der Waals surface area contributed by atoms with Gasteiger partial charge in [-0.1, -0.05) is 54.2 Å². The molecule has 6 aliphatic rings. The van der Waals surface area contributed by atoms with E-state index in [-0.39, 0.29) is 54.5 Å². The Morgan fingerprint density at radius 2 is 1.70 bits per heavy atom. The number of carboxylic acids is 1. The third-order valence-corrected chi connectivity index (χ3v) is 15.0. The molecule has 19 atom stereocenters. The summed E-state index contributed by atoms with van der Waals surface area (Å²) >= 11 is 0. The molecule has 6 aliphatic heterocycles. The van der Waals surface area contributed by atoms with Gasteiger partial charge in [0.1, 0.15) is 0 Å². The molecule has 0 bridgehead atoms. The van der Waals surface area contributed by atoms with Gasteiger partial charge >= 0.3 is 5.97 Å². The van der Waals surface area contributed by atoms with Crippen LogP contribution in [0.4, 0.5) is 0 Å². The molecule has 6 fully saturated rings. The van der Waals surface area contributed by atoms with Gasteiger partial charge < -0.3 is 58.3 Å². The summed E-state index contributed by atoms with van der Waals surface area (Å²) in [6, 6.07) is 0. The summed E-state index contributed by atoms with van der Waals surface area (Å²) in [5.74, 6) is -6.91. The van der Waals surface area contributed by atoms with Crippen molar-refractivity contribution < 1.29 is 67.9 Å². The second-order valence-corrected chi connectivity index (χ2v) is 19.7.